The minimum atomic E-state index is -0.543. The maximum atomic E-state index is 13.4. The summed E-state index contributed by atoms with van der Waals surface area (Å²) in [5.41, 5.74) is 5.05. The van der Waals surface area contributed by atoms with Gasteiger partial charge in [-0.25, -0.2) is 9.88 Å². The molecule has 194 valence electrons. The van der Waals surface area contributed by atoms with Crippen LogP contribution in [-0.4, -0.2) is 45.7 Å². The number of fused-ring (bicyclic) bond motifs is 3. The van der Waals surface area contributed by atoms with Gasteiger partial charge in [0.05, 0.1) is 33.5 Å². The quantitative estimate of drug-likeness (QED) is 0.319. The largest absolute Gasteiger partial charge is 0.507 e. The van der Waals surface area contributed by atoms with Crippen LogP contribution in [0.4, 0.5) is 5.69 Å². The Labute approximate surface area is 226 Å². The van der Waals surface area contributed by atoms with E-state index in [1.165, 1.54) is 13.1 Å². The zero-order chi connectivity index (χ0) is 27.9. The van der Waals surface area contributed by atoms with Gasteiger partial charge in [0, 0.05) is 13.1 Å². The van der Waals surface area contributed by atoms with E-state index in [0.29, 0.717) is 38.9 Å². The topological polar surface area (TPSA) is 121 Å². The Bertz CT molecular complexity index is 1990. The Hall–Kier alpha value is -5.57. The highest BCUT2D eigenvalue weighted by molar-refractivity contribution is 6.34. The first-order valence-electron chi connectivity index (χ1n) is 12.4. The maximum Gasteiger partial charge on any atom is 0.266 e. The fourth-order valence-corrected chi connectivity index (χ4v) is 5.19. The van der Waals surface area contributed by atoms with Gasteiger partial charge in [0.15, 0.2) is 5.58 Å². The van der Waals surface area contributed by atoms with Crippen molar-refractivity contribution in [1.82, 2.24) is 9.88 Å². The molecule has 2 aliphatic rings. The van der Waals surface area contributed by atoms with E-state index in [0.717, 1.165) is 15.4 Å². The number of carbonyl (C=O) groups excluding carboxylic acids is 4. The molecule has 7 rings (SSSR count). The van der Waals surface area contributed by atoms with Crippen molar-refractivity contribution >= 4 is 40.4 Å². The number of benzene rings is 4. The fourth-order valence-electron chi connectivity index (χ4n) is 5.19. The van der Waals surface area contributed by atoms with Crippen molar-refractivity contribution < 1.29 is 28.7 Å². The molecule has 5 aromatic rings. The fraction of sp³-hybridized carbons (Fsp3) is 0.0645. The molecule has 0 bridgehead atoms. The number of aromatic hydroxyl groups is 1. The molecule has 2 aliphatic heterocycles. The monoisotopic (exact) mass is 529 g/mol. The number of aryl methyl sites for hydroxylation is 1. The summed E-state index contributed by atoms with van der Waals surface area (Å²) in [7, 11) is 1.43. The third kappa shape index (κ3) is 3.31. The normalized spacial score (nSPS) is 14.4. The third-order valence-electron chi connectivity index (χ3n) is 7.32. The van der Waals surface area contributed by atoms with Gasteiger partial charge in [-0.3, -0.25) is 24.1 Å². The van der Waals surface area contributed by atoms with Crippen LogP contribution in [0, 0.1) is 6.92 Å². The van der Waals surface area contributed by atoms with Gasteiger partial charge in [-0.15, -0.1) is 0 Å². The zero-order valence-electron chi connectivity index (χ0n) is 21.3. The number of phenolic OH excluding ortho intramolecular Hbond substituents is 1. The Morgan fingerprint density at radius 1 is 0.675 bits per heavy atom. The standard InChI is InChI=1S/C31H19N3O6/c1-15-3-10-26-24(11-15)32-27(40-26)21-9-6-18(14-25(21)35)34-30(38)20-8-5-17(13-23(20)31(34)39)16-4-7-19-22(12-16)29(37)33(2)28(19)36/h3-14,35H,1-2H3. The van der Waals surface area contributed by atoms with E-state index in [4.69, 9.17) is 4.42 Å². The van der Waals surface area contributed by atoms with Crippen LogP contribution in [0.3, 0.4) is 0 Å². The predicted molar refractivity (Wildman–Crippen MR) is 145 cm³/mol. The van der Waals surface area contributed by atoms with Crippen LogP contribution < -0.4 is 4.90 Å². The highest BCUT2D eigenvalue weighted by Gasteiger charge is 2.38. The molecular formula is C31H19N3O6. The van der Waals surface area contributed by atoms with Gasteiger partial charge in [0.2, 0.25) is 5.89 Å². The van der Waals surface area contributed by atoms with Gasteiger partial charge in [-0.1, -0.05) is 18.2 Å². The van der Waals surface area contributed by atoms with Crippen molar-refractivity contribution in [2.75, 3.05) is 11.9 Å². The number of imide groups is 2. The molecule has 4 amide bonds. The molecule has 3 heterocycles. The lowest BCUT2D eigenvalue weighted by molar-refractivity contribution is 0.0692. The van der Waals surface area contributed by atoms with Crippen molar-refractivity contribution in [3.8, 4) is 28.3 Å². The molecule has 9 heteroatoms. The Morgan fingerprint density at radius 2 is 1.27 bits per heavy atom. The number of amides is 4. The Kier molecular flexibility index (Phi) is 4.83. The highest BCUT2D eigenvalue weighted by atomic mass is 16.3. The molecule has 1 aromatic heterocycles. The Balaban J connectivity index is 1.22. The molecule has 0 spiro atoms. The number of oxazole rings is 1. The number of hydrogen-bond acceptors (Lipinski definition) is 7. The molecule has 0 unspecified atom stereocenters. The smallest absolute Gasteiger partial charge is 0.266 e. The molecule has 9 nitrogen and oxygen atoms in total. The van der Waals surface area contributed by atoms with Gasteiger partial charge in [-0.2, -0.15) is 0 Å². The molecule has 0 saturated carbocycles. The second kappa shape index (κ2) is 8.21. The number of nitrogens with zero attached hydrogens (tertiary/aromatic N) is 3. The zero-order valence-corrected chi connectivity index (χ0v) is 21.3. The first-order chi connectivity index (χ1) is 19.2. The number of anilines is 1. The van der Waals surface area contributed by atoms with E-state index < -0.39 is 17.7 Å². The summed E-state index contributed by atoms with van der Waals surface area (Å²) in [4.78, 5) is 57.9. The van der Waals surface area contributed by atoms with Gasteiger partial charge < -0.3 is 9.52 Å². The first-order valence-corrected chi connectivity index (χ1v) is 12.4. The predicted octanol–water partition coefficient (Wildman–Crippen LogP) is 5.20. The SMILES string of the molecule is Cc1ccc2oc(-c3ccc(N4C(=O)c5ccc(-c6ccc7c(c6)C(=O)N(C)C7=O)cc5C4=O)cc3O)nc2c1. The molecule has 0 aliphatic carbocycles. The van der Waals surface area contributed by atoms with Crippen molar-refractivity contribution in [3.63, 3.8) is 0 Å². The minimum Gasteiger partial charge on any atom is -0.507 e. The van der Waals surface area contributed by atoms with Crippen LogP contribution in [0.5, 0.6) is 5.75 Å². The number of phenols is 1. The molecule has 0 atom stereocenters. The number of carbonyl (C=O) groups is 4. The summed E-state index contributed by atoms with van der Waals surface area (Å²) in [5, 5.41) is 10.8. The molecule has 0 saturated heterocycles. The first kappa shape index (κ1) is 23.5. The number of aromatic nitrogens is 1. The average molecular weight is 530 g/mol. The van der Waals surface area contributed by atoms with E-state index in [-0.39, 0.29) is 34.4 Å². The van der Waals surface area contributed by atoms with Crippen molar-refractivity contribution in [2.45, 2.75) is 6.92 Å². The summed E-state index contributed by atoms with van der Waals surface area (Å²) in [6.45, 7) is 1.94. The second-order valence-corrected chi connectivity index (χ2v) is 9.83. The van der Waals surface area contributed by atoms with Gasteiger partial charge in [-0.05, 0) is 72.1 Å². The van der Waals surface area contributed by atoms with E-state index in [2.05, 4.69) is 4.98 Å². The number of rotatable bonds is 3. The van der Waals surface area contributed by atoms with E-state index in [1.54, 1.807) is 54.6 Å². The summed E-state index contributed by atoms with van der Waals surface area (Å²) < 4.78 is 5.79. The summed E-state index contributed by atoms with van der Waals surface area (Å²) >= 11 is 0. The van der Waals surface area contributed by atoms with Crippen LogP contribution in [0.25, 0.3) is 33.7 Å². The molecule has 40 heavy (non-hydrogen) atoms. The summed E-state index contributed by atoms with van der Waals surface area (Å²) in [6, 6.07) is 19.8. The summed E-state index contributed by atoms with van der Waals surface area (Å²) in [6.07, 6.45) is 0. The van der Waals surface area contributed by atoms with Crippen LogP contribution in [-0.2, 0) is 0 Å². The average Bonchev–Trinajstić information content (AvgIpc) is 3.55. The van der Waals surface area contributed by atoms with Gasteiger partial charge in [0.25, 0.3) is 23.6 Å². The molecule has 0 fully saturated rings. The van der Waals surface area contributed by atoms with E-state index >= 15 is 0 Å². The van der Waals surface area contributed by atoms with Crippen LogP contribution in [0.2, 0.25) is 0 Å². The van der Waals surface area contributed by atoms with Crippen molar-refractivity contribution in [1.29, 1.82) is 0 Å². The lowest BCUT2D eigenvalue weighted by Gasteiger charge is -2.14. The van der Waals surface area contributed by atoms with Gasteiger partial charge in [0.1, 0.15) is 11.3 Å². The molecule has 4 aromatic carbocycles. The lowest BCUT2D eigenvalue weighted by atomic mass is 9.97. The lowest BCUT2D eigenvalue weighted by Crippen LogP contribution is -2.29. The van der Waals surface area contributed by atoms with Crippen LogP contribution in [0.15, 0.2) is 77.2 Å². The summed E-state index contributed by atoms with van der Waals surface area (Å²) in [5.74, 6) is -1.79. The van der Waals surface area contributed by atoms with E-state index in [1.807, 2.05) is 19.1 Å². The van der Waals surface area contributed by atoms with Crippen LogP contribution >= 0.6 is 0 Å². The van der Waals surface area contributed by atoms with Crippen molar-refractivity contribution in [3.05, 3.63) is 101 Å². The maximum absolute atomic E-state index is 13.4. The van der Waals surface area contributed by atoms with Gasteiger partial charge >= 0.3 is 0 Å². The molecule has 0 radical (unpaired) electrons. The van der Waals surface area contributed by atoms with E-state index in [9.17, 15) is 24.3 Å². The number of hydrogen-bond donors (Lipinski definition) is 1. The minimum absolute atomic E-state index is 0.194. The third-order valence-corrected chi connectivity index (χ3v) is 7.32. The molecular weight excluding hydrogens is 510 g/mol. The second-order valence-electron chi connectivity index (χ2n) is 9.83. The Morgan fingerprint density at radius 3 is 1.98 bits per heavy atom. The highest BCUT2D eigenvalue weighted by Crippen LogP contribution is 2.38. The van der Waals surface area contributed by atoms with Crippen LogP contribution in [0.1, 0.15) is 47.0 Å². The molecule has 1 N–H and O–H groups in total. The van der Waals surface area contributed by atoms with Crippen molar-refractivity contribution in [2.24, 2.45) is 0 Å².